The Bertz CT molecular complexity index is 1420. The van der Waals surface area contributed by atoms with E-state index in [4.69, 9.17) is 9.47 Å². The van der Waals surface area contributed by atoms with Gasteiger partial charge in [0.15, 0.2) is 5.70 Å². The molecule has 170 valence electrons. The molecule has 0 bridgehead atoms. The van der Waals surface area contributed by atoms with E-state index in [0.29, 0.717) is 11.1 Å². The molecule has 34 heavy (non-hydrogen) atoms. The fourth-order valence-electron chi connectivity index (χ4n) is 2.96. The number of ether oxygens (including phenoxy) is 2. The van der Waals surface area contributed by atoms with Crippen molar-refractivity contribution in [3.05, 3.63) is 106 Å². The summed E-state index contributed by atoms with van der Waals surface area (Å²) in [6.45, 7) is 0. The van der Waals surface area contributed by atoms with E-state index < -0.39 is 27.2 Å². The highest BCUT2D eigenvalue weighted by molar-refractivity contribution is 14.1. The third kappa shape index (κ3) is 5.12. The molecule has 0 aromatic heterocycles. The maximum atomic E-state index is 12.3. The number of carbonyl (C=O) groups is 1. The summed E-state index contributed by atoms with van der Waals surface area (Å²) in [5.74, 6) is -0.391. The highest BCUT2D eigenvalue weighted by Gasteiger charge is 2.25. The maximum Gasteiger partial charge on any atom is 0.363 e. The summed E-state index contributed by atoms with van der Waals surface area (Å²) in [5.41, 5.74) is 0.263. The van der Waals surface area contributed by atoms with Crippen molar-refractivity contribution in [2.45, 2.75) is 0 Å². The van der Waals surface area contributed by atoms with Crippen LogP contribution < -0.4 is 4.74 Å². The quantitative estimate of drug-likeness (QED) is 0.106. The van der Waals surface area contributed by atoms with Gasteiger partial charge in [0, 0.05) is 19.7 Å². The molecular weight excluding hydrogens is 625 g/mol. The summed E-state index contributed by atoms with van der Waals surface area (Å²) in [6, 6.07) is 14.9. The first-order valence-electron chi connectivity index (χ1n) is 9.40. The number of aliphatic imine (C=N–C) groups is 1. The Hall–Kier alpha value is -3.65. The average Bonchev–Trinajstić information content (AvgIpc) is 3.16. The van der Waals surface area contributed by atoms with Crippen LogP contribution in [0.5, 0.6) is 11.5 Å². The number of hydrogen-bond donors (Lipinski definition) is 0. The van der Waals surface area contributed by atoms with Gasteiger partial charge in [0.1, 0.15) is 5.75 Å². The molecule has 12 heteroatoms. The van der Waals surface area contributed by atoms with Crippen molar-refractivity contribution in [1.29, 1.82) is 0 Å². The van der Waals surface area contributed by atoms with Gasteiger partial charge in [0.05, 0.1) is 15.9 Å². The topological polar surface area (TPSA) is 134 Å². The third-order valence-corrected chi connectivity index (χ3v) is 6.86. The number of nitro groups is 2. The predicted octanol–water partition coefficient (Wildman–Crippen LogP) is 6.01. The van der Waals surface area contributed by atoms with E-state index in [9.17, 15) is 25.0 Å². The second-order valence-electron chi connectivity index (χ2n) is 6.81. The molecule has 1 aliphatic rings. The number of non-ortho nitro benzene ring substituents is 1. The van der Waals surface area contributed by atoms with Crippen LogP contribution in [0.1, 0.15) is 11.1 Å². The molecule has 0 unspecified atom stereocenters. The van der Waals surface area contributed by atoms with Crippen molar-refractivity contribution >= 4 is 67.8 Å². The highest BCUT2D eigenvalue weighted by atomic mass is 127. The predicted molar refractivity (Wildman–Crippen MR) is 134 cm³/mol. The molecule has 1 aliphatic heterocycles. The first kappa shape index (κ1) is 23.5. The van der Waals surface area contributed by atoms with E-state index in [1.54, 1.807) is 36.4 Å². The van der Waals surface area contributed by atoms with Crippen LogP contribution in [0.3, 0.4) is 0 Å². The standard InChI is InChI=1S/C22H11BrIN3O7/c23-16-10-13(4-6-17(16)24)21-25-18(22(28)34-21)9-12-2-1-3-15(8-12)33-20-7-5-14(26(29)30)11-19(20)27(31)32/h1-11H/b18-9-. The number of halogens is 2. The van der Waals surface area contributed by atoms with E-state index in [1.807, 2.05) is 6.07 Å². The molecule has 0 aliphatic carbocycles. The molecule has 1 heterocycles. The summed E-state index contributed by atoms with van der Waals surface area (Å²) >= 11 is 5.59. The summed E-state index contributed by atoms with van der Waals surface area (Å²) in [5, 5.41) is 22.2. The summed E-state index contributed by atoms with van der Waals surface area (Å²) in [7, 11) is 0. The molecule has 0 spiro atoms. The Balaban J connectivity index is 1.61. The zero-order chi connectivity index (χ0) is 24.4. The lowest BCUT2D eigenvalue weighted by Crippen LogP contribution is -2.05. The highest BCUT2D eigenvalue weighted by Crippen LogP contribution is 2.35. The molecule has 3 aromatic rings. The van der Waals surface area contributed by atoms with Crippen molar-refractivity contribution in [2.75, 3.05) is 0 Å². The third-order valence-electron chi connectivity index (χ3n) is 4.53. The van der Waals surface area contributed by atoms with Gasteiger partial charge in [-0.05, 0) is 86.6 Å². The van der Waals surface area contributed by atoms with Gasteiger partial charge in [0.2, 0.25) is 11.6 Å². The van der Waals surface area contributed by atoms with Crippen molar-refractivity contribution in [3.63, 3.8) is 0 Å². The van der Waals surface area contributed by atoms with Crippen LogP contribution in [0.2, 0.25) is 0 Å². The molecule has 0 saturated carbocycles. The Morgan fingerprint density at radius 1 is 1.03 bits per heavy atom. The number of nitro benzene ring substituents is 2. The average molecular weight is 636 g/mol. The van der Waals surface area contributed by atoms with Crippen LogP contribution in [-0.4, -0.2) is 21.7 Å². The van der Waals surface area contributed by atoms with Gasteiger partial charge in [-0.3, -0.25) is 20.2 Å². The van der Waals surface area contributed by atoms with Gasteiger partial charge >= 0.3 is 11.7 Å². The molecule has 0 amide bonds. The molecule has 0 saturated heterocycles. The van der Waals surface area contributed by atoms with Gasteiger partial charge in [-0.25, -0.2) is 9.79 Å². The number of hydrogen-bond acceptors (Lipinski definition) is 8. The number of rotatable bonds is 6. The first-order valence-corrected chi connectivity index (χ1v) is 11.3. The van der Waals surface area contributed by atoms with E-state index in [0.717, 1.165) is 26.2 Å². The minimum absolute atomic E-state index is 0.0724. The van der Waals surface area contributed by atoms with Crippen LogP contribution in [-0.2, 0) is 9.53 Å². The van der Waals surface area contributed by atoms with Crippen LogP contribution in [0.4, 0.5) is 11.4 Å². The van der Waals surface area contributed by atoms with Gasteiger partial charge in [-0.1, -0.05) is 12.1 Å². The Labute approximate surface area is 213 Å². The maximum absolute atomic E-state index is 12.3. The summed E-state index contributed by atoms with van der Waals surface area (Å²) < 4.78 is 12.7. The lowest BCUT2D eigenvalue weighted by Gasteiger charge is -2.07. The minimum atomic E-state index is -0.762. The van der Waals surface area contributed by atoms with Crippen molar-refractivity contribution in [1.82, 2.24) is 0 Å². The van der Waals surface area contributed by atoms with Crippen LogP contribution in [0, 0.1) is 23.8 Å². The number of benzene rings is 3. The SMILES string of the molecule is O=C1OC(c2ccc(I)c(Br)c2)=N/C1=C\c1cccc(Oc2ccc([N+](=O)[O-])cc2[N+](=O)[O-])c1. The number of cyclic esters (lactones) is 1. The lowest BCUT2D eigenvalue weighted by atomic mass is 10.2. The monoisotopic (exact) mass is 635 g/mol. The van der Waals surface area contributed by atoms with Crippen LogP contribution in [0.25, 0.3) is 6.08 Å². The van der Waals surface area contributed by atoms with Gasteiger partial charge in [-0.2, -0.15) is 0 Å². The number of nitrogens with zero attached hydrogens (tertiary/aromatic N) is 3. The fourth-order valence-corrected chi connectivity index (χ4v) is 3.68. The summed E-state index contributed by atoms with van der Waals surface area (Å²) in [4.78, 5) is 37.3. The Morgan fingerprint density at radius 3 is 2.53 bits per heavy atom. The zero-order valence-corrected chi connectivity index (χ0v) is 20.5. The van der Waals surface area contributed by atoms with Gasteiger partial charge < -0.3 is 9.47 Å². The van der Waals surface area contributed by atoms with Gasteiger partial charge in [0.25, 0.3) is 5.69 Å². The molecule has 0 N–H and O–H groups in total. The molecule has 0 radical (unpaired) electrons. The molecule has 0 fully saturated rings. The van der Waals surface area contributed by atoms with Crippen molar-refractivity contribution < 1.29 is 24.1 Å². The van der Waals surface area contributed by atoms with E-state index in [-0.39, 0.29) is 23.1 Å². The van der Waals surface area contributed by atoms with Gasteiger partial charge in [-0.15, -0.1) is 0 Å². The first-order chi connectivity index (χ1) is 16.2. The van der Waals surface area contributed by atoms with Crippen molar-refractivity contribution in [2.24, 2.45) is 4.99 Å². The van der Waals surface area contributed by atoms with E-state index in [2.05, 4.69) is 43.5 Å². The second kappa shape index (κ2) is 9.69. The summed E-state index contributed by atoms with van der Waals surface area (Å²) in [6.07, 6.45) is 1.49. The fraction of sp³-hybridized carbons (Fsp3) is 0. The second-order valence-corrected chi connectivity index (χ2v) is 8.82. The molecule has 10 nitrogen and oxygen atoms in total. The largest absolute Gasteiger partial charge is 0.450 e. The van der Waals surface area contributed by atoms with E-state index >= 15 is 0 Å². The van der Waals surface area contributed by atoms with Crippen LogP contribution >= 0.6 is 38.5 Å². The molecule has 3 aromatic carbocycles. The Kier molecular flexibility index (Phi) is 6.70. The smallest absolute Gasteiger partial charge is 0.363 e. The number of carbonyl (C=O) groups excluding carboxylic acids is 1. The Morgan fingerprint density at radius 2 is 1.82 bits per heavy atom. The minimum Gasteiger partial charge on any atom is -0.450 e. The number of esters is 1. The molecule has 0 atom stereocenters. The van der Waals surface area contributed by atoms with Crippen LogP contribution in [0.15, 0.2) is 75.8 Å². The zero-order valence-electron chi connectivity index (χ0n) is 16.8. The normalized spacial score (nSPS) is 14.0. The van der Waals surface area contributed by atoms with E-state index in [1.165, 1.54) is 6.08 Å². The molecule has 4 rings (SSSR count). The van der Waals surface area contributed by atoms with Crippen molar-refractivity contribution in [3.8, 4) is 11.5 Å². The lowest BCUT2D eigenvalue weighted by molar-refractivity contribution is -0.394. The molecular formula is C22H11BrIN3O7.